The lowest BCUT2D eigenvalue weighted by molar-refractivity contribution is -0.155. The number of piperidine rings is 2. The summed E-state index contributed by atoms with van der Waals surface area (Å²) in [5.74, 6) is -1.70. The van der Waals surface area contributed by atoms with Gasteiger partial charge in [-0.1, -0.05) is 88.0 Å². The van der Waals surface area contributed by atoms with Gasteiger partial charge in [0.1, 0.15) is 18.3 Å². The lowest BCUT2D eigenvalue weighted by Gasteiger charge is -2.43. The molecule has 308 valence electrons. The van der Waals surface area contributed by atoms with Crippen LogP contribution in [0.15, 0.2) is 0 Å². The number of nitrogens with one attached hydrogen (secondary N) is 4. The third-order valence-electron chi connectivity index (χ3n) is 14.4. The first kappa shape index (κ1) is 41.7. The summed E-state index contributed by atoms with van der Waals surface area (Å²) in [5, 5.41) is 9.30. The molecule has 4 N–H and O–H groups in total. The number of hydroxylamine groups is 1. The van der Waals surface area contributed by atoms with Crippen molar-refractivity contribution in [1.82, 2.24) is 31.2 Å². The number of nitrogens with zero attached hydrogens (tertiary/aromatic N) is 2. The lowest BCUT2D eigenvalue weighted by Crippen LogP contribution is -2.62. The summed E-state index contributed by atoms with van der Waals surface area (Å²) < 4.78 is 0. The summed E-state index contributed by atoms with van der Waals surface area (Å²) in [6, 6.07) is -1.77. The van der Waals surface area contributed by atoms with Gasteiger partial charge >= 0.3 is 0 Å². The van der Waals surface area contributed by atoms with Crippen molar-refractivity contribution in [3.8, 4) is 0 Å². The molecule has 55 heavy (non-hydrogen) atoms. The molecule has 7 atom stereocenters. The van der Waals surface area contributed by atoms with Gasteiger partial charge in [0.2, 0.25) is 29.4 Å². The minimum Gasteiger partial charge on any atom is -0.349 e. The van der Waals surface area contributed by atoms with E-state index in [0.29, 0.717) is 44.7 Å². The first-order chi connectivity index (χ1) is 25.6. The Morgan fingerprint density at radius 1 is 0.945 bits per heavy atom. The van der Waals surface area contributed by atoms with Gasteiger partial charge in [0, 0.05) is 32.5 Å². The monoisotopic (exact) mass is 769 g/mol. The van der Waals surface area contributed by atoms with E-state index >= 15 is 0 Å². The molecule has 0 aromatic rings. The van der Waals surface area contributed by atoms with E-state index in [1.54, 1.807) is 4.90 Å². The Morgan fingerprint density at radius 3 is 2.15 bits per heavy atom. The highest BCUT2D eigenvalue weighted by atomic mass is 16.7. The third kappa shape index (κ3) is 8.54. The second-order valence-electron chi connectivity index (χ2n) is 20.7. The van der Waals surface area contributed by atoms with Crippen LogP contribution in [0.1, 0.15) is 133 Å². The van der Waals surface area contributed by atoms with Crippen LogP contribution in [-0.4, -0.2) is 95.1 Å². The summed E-state index contributed by atoms with van der Waals surface area (Å²) in [6.07, 6.45) is 8.57. The Kier molecular flexibility index (Phi) is 11.5. The van der Waals surface area contributed by atoms with Gasteiger partial charge < -0.3 is 15.5 Å². The summed E-state index contributed by atoms with van der Waals surface area (Å²) in [4.78, 5) is 91.1. The van der Waals surface area contributed by atoms with Crippen LogP contribution in [0.5, 0.6) is 0 Å². The maximum absolute atomic E-state index is 14.9. The number of imide groups is 1. The number of Topliss-reactive ketones (excluding diaryl/α,β-unsaturated/α-hetero) is 1. The fourth-order valence-electron chi connectivity index (χ4n) is 10.1. The van der Waals surface area contributed by atoms with E-state index in [4.69, 9.17) is 4.84 Å². The molecule has 13 heteroatoms. The predicted octanol–water partition coefficient (Wildman–Crippen LogP) is 3.85. The molecule has 6 aliphatic rings. The highest BCUT2D eigenvalue weighted by molar-refractivity contribution is 6.41. The maximum atomic E-state index is 14.9. The van der Waals surface area contributed by atoms with Crippen LogP contribution in [0, 0.1) is 45.3 Å². The highest BCUT2D eigenvalue weighted by Crippen LogP contribution is 2.65. The number of amides is 5. The number of ketones is 1. The van der Waals surface area contributed by atoms with Gasteiger partial charge in [0.15, 0.2) is 0 Å². The van der Waals surface area contributed by atoms with Crippen LogP contribution in [-0.2, 0) is 33.6 Å². The van der Waals surface area contributed by atoms with Crippen molar-refractivity contribution >= 4 is 35.3 Å². The van der Waals surface area contributed by atoms with Crippen LogP contribution < -0.4 is 21.4 Å². The van der Waals surface area contributed by atoms with E-state index in [0.717, 1.165) is 44.9 Å². The van der Waals surface area contributed by atoms with Crippen molar-refractivity contribution in [2.24, 2.45) is 45.3 Å². The van der Waals surface area contributed by atoms with Crippen molar-refractivity contribution in [1.29, 1.82) is 0 Å². The smallest absolute Gasteiger partial charge is 0.289 e. The van der Waals surface area contributed by atoms with E-state index in [1.165, 1.54) is 4.90 Å². The molecule has 6 fully saturated rings. The molecule has 13 nitrogen and oxygen atoms in total. The molecule has 0 spiro atoms. The Balaban J connectivity index is 1.16. The minimum absolute atomic E-state index is 0.0116. The lowest BCUT2D eigenvalue weighted by atomic mass is 9.70. The standard InChI is InChI=1S/C42H68N6O7/c1-10-26-18-42(26,34(51)36(53)43-21-25-14-15-25)45-35(52)32-31-27(40(31,7)8)22-48(32)37(54)33(41(9)16-12-11-13-17-41)44-24-55-46-28(38(2,3)4)23-47-29(49)19-39(5,6)20-30(47)50/h25-28,31-33,44,46H,10-24H2,1-9H3,(H,43,53)(H,45,52)/t26-,27+,28-,31+,32+,33-,42+/m1/s1. The molecule has 2 heterocycles. The number of hydrogen-bond donors (Lipinski definition) is 4. The Hall–Kier alpha value is -2.90. The van der Waals surface area contributed by atoms with E-state index in [-0.39, 0.29) is 82.4 Å². The van der Waals surface area contributed by atoms with Gasteiger partial charge in [0.25, 0.3) is 5.91 Å². The Bertz CT molecular complexity index is 1520. The number of likely N-dealkylation sites (tertiary alicyclic amines) is 2. The van der Waals surface area contributed by atoms with Gasteiger partial charge in [-0.25, -0.2) is 0 Å². The van der Waals surface area contributed by atoms with Gasteiger partial charge in [-0.2, -0.15) is 5.48 Å². The molecule has 6 rings (SSSR count). The topological polar surface area (TPSA) is 166 Å². The van der Waals surface area contributed by atoms with E-state index in [1.807, 2.05) is 41.5 Å². The van der Waals surface area contributed by atoms with E-state index in [9.17, 15) is 28.8 Å². The molecule has 0 aromatic heterocycles. The molecular weight excluding hydrogens is 700 g/mol. The van der Waals surface area contributed by atoms with Crippen LogP contribution >= 0.6 is 0 Å². The summed E-state index contributed by atoms with van der Waals surface area (Å²) in [7, 11) is 0. The maximum Gasteiger partial charge on any atom is 0.289 e. The minimum atomic E-state index is -1.24. The number of carbonyl (C=O) groups excluding carboxylic acids is 6. The zero-order chi connectivity index (χ0) is 40.3. The van der Waals surface area contributed by atoms with E-state index < -0.39 is 29.3 Å². The molecule has 2 saturated heterocycles. The largest absolute Gasteiger partial charge is 0.349 e. The van der Waals surface area contributed by atoms with Crippen molar-refractivity contribution in [2.45, 2.75) is 157 Å². The average molecular weight is 769 g/mol. The van der Waals surface area contributed by atoms with Gasteiger partial charge in [-0.05, 0) is 77.4 Å². The fraction of sp³-hybridized carbons (Fsp3) is 0.857. The normalized spacial score (nSPS) is 31.7. The van der Waals surface area contributed by atoms with Gasteiger partial charge in [-0.15, -0.1) is 0 Å². The molecule has 5 amide bonds. The summed E-state index contributed by atoms with van der Waals surface area (Å²) in [6.45, 7) is 19.4. The van der Waals surface area contributed by atoms with Crippen molar-refractivity contribution in [2.75, 3.05) is 26.4 Å². The van der Waals surface area contributed by atoms with E-state index in [2.05, 4.69) is 42.2 Å². The van der Waals surface area contributed by atoms with Gasteiger partial charge in [0.05, 0.1) is 12.1 Å². The molecule has 4 aliphatic carbocycles. The number of fused-ring (bicyclic) bond motifs is 1. The van der Waals surface area contributed by atoms with Crippen LogP contribution in [0.2, 0.25) is 0 Å². The SMILES string of the molecule is CC[C@@H]1C[C@@]1(NC(=O)[C@@H]1[C@@H]2[C@H](CN1C(=O)[C@@H](NCON[C@H](CN1C(=O)CC(C)(C)CC1=O)C(C)(C)C)C1(C)CCCCC1)C2(C)C)C(=O)C(=O)NCC1CC1. The molecule has 0 bridgehead atoms. The zero-order valence-corrected chi connectivity index (χ0v) is 34.9. The summed E-state index contributed by atoms with van der Waals surface area (Å²) in [5.41, 5.74) is 0.639. The second kappa shape index (κ2) is 15.1. The summed E-state index contributed by atoms with van der Waals surface area (Å²) >= 11 is 0. The Labute approximate surface area is 327 Å². The van der Waals surface area contributed by atoms with Crippen molar-refractivity contribution < 1.29 is 33.6 Å². The quantitative estimate of drug-likeness (QED) is 0.0600. The zero-order valence-electron chi connectivity index (χ0n) is 34.9. The van der Waals surface area contributed by atoms with Crippen LogP contribution in [0.25, 0.3) is 0 Å². The van der Waals surface area contributed by atoms with Crippen LogP contribution in [0.3, 0.4) is 0 Å². The number of hydrogen-bond acceptors (Lipinski definition) is 9. The highest BCUT2D eigenvalue weighted by Gasteiger charge is 2.71. The molecule has 0 radical (unpaired) electrons. The average Bonchev–Trinajstić information content (AvgIpc) is 4.05. The molecular formula is C42H68N6O7. The fourth-order valence-corrected chi connectivity index (χ4v) is 10.1. The van der Waals surface area contributed by atoms with Gasteiger partial charge in [-0.3, -0.25) is 43.8 Å². The van der Waals surface area contributed by atoms with Crippen molar-refractivity contribution in [3.63, 3.8) is 0 Å². The Morgan fingerprint density at radius 2 is 1.58 bits per heavy atom. The number of carbonyl (C=O) groups is 6. The first-order valence-corrected chi connectivity index (χ1v) is 21.0. The molecule has 2 aliphatic heterocycles. The molecule has 0 aromatic carbocycles. The third-order valence-corrected chi connectivity index (χ3v) is 14.4. The van der Waals surface area contributed by atoms with Crippen LogP contribution in [0.4, 0.5) is 0 Å². The number of rotatable bonds is 16. The predicted molar refractivity (Wildman–Crippen MR) is 206 cm³/mol. The molecule has 4 saturated carbocycles. The van der Waals surface area contributed by atoms with Crippen molar-refractivity contribution in [3.05, 3.63) is 0 Å². The molecule has 0 unspecified atom stereocenters. The first-order valence-electron chi connectivity index (χ1n) is 21.0. The second-order valence-corrected chi connectivity index (χ2v) is 20.7.